The van der Waals surface area contributed by atoms with Gasteiger partial charge in [-0.15, -0.1) is 0 Å². The van der Waals surface area contributed by atoms with E-state index in [1.807, 2.05) is 24.9 Å². The van der Waals surface area contributed by atoms with E-state index < -0.39 is 0 Å². The van der Waals surface area contributed by atoms with Crippen LogP contribution in [0.25, 0.3) is 0 Å². The number of nitrogens with zero attached hydrogens (tertiary/aromatic N) is 2. The molecule has 1 aromatic heterocycles. The second kappa shape index (κ2) is 7.48. The van der Waals surface area contributed by atoms with Gasteiger partial charge in [-0.1, -0.05) is 13.8 Å². The average molecular weight is 328 g/mol. The summed E-state index contributed by atoms with van der Waals surface area (Å²) in [7, 11) is 1.86. The van der Waals surface area contributed by atoms with Crippen LogP contribution in [-0.4, -0.2) is 35.4 Å². The minimum Gasteiger partial charge on any atom is -0.370 e. The summed E-state index contributed by atoms with van der Waals surface area (Å²) in [4.78, 5) is 18.7. The van der Waals surface area contributed by atoms with E-state index in [1.165, 1.54) is 0 Å². The Morgan fingerprint density at radius 3 is 2.58 bits per heavy atom. The zero-order valence-electron chi connectivity index (χ0n) is 12.0. The molecular weight excluding hydrogens is 306 g/mol. The summed E-state index contributed by atoms with van der Waals surface area (Å²) in [6.45, 7) is 6.93. The van der Waals surface area contributed by atoms with E-state index in [9.17, 15) is 4.79 Å². The van der Waals surface area contributed by atoms with Crippen LogP contribution >= 0.6 is 15.9 Å². The molecule has 0 atom stereocenters. The van der Waals surface area contributed by atoms with Gasteiger partial charge in [-0.05, 0) is 41.8 Å². The number of rotatable bonds is 6. The number of amides is 1. The van der Waals surface area contributed by atoms with E-state index in [2.05, 4.69) is 40.1 Å². The Hall–Kier alpha value is -1.10. The number of hydrogen-bond donors (Lipinski definition) is 1. The van der Waals surface area contributed by atoms with Gasteiger partial charge in [0, 0.05) is 30.3 Å². The van der Waals surface area contributed by atoms with Gasteiger partial charge in [0.2, 0.25) is 0 Å². The largest absolute Gasteiger partial charge is 0.370 e. The standard InChI is InChI=1S/C14H22BrN3O/c1-5-11(6-2)18(4)14(19)12-8-10(15)9-17-13(12)16-7-3/h8-9,11H,5-7H2,1-4H3,(H,16,17). The van der Waals surface area contributed by atoms with Gasteiger partial charge in [0.25, 0.3) is 5.91 Å². The Labute approximate surface area is 123 Å². The lowest BCUT2D eigenvalue weighted by molar-refractivity contribution is 0.0724. The van der Waals surface area contributed by atoms with Gasteiger partial charge in [-0.25, -0.2) is 4.98 Å². The van der Waals surface area contributed by atoms with E-state index in [0.717, 1.165) is 23.9 Å². The van der Waals surface area contributed by atoms with Crippen LogP contribution in [-0.2, 0) is 0 Å². The van der Waals surface area contributed by atoms with E-state index in [0.29, 0.717) is 11.4 Å². The number of hydrogen-bond acceptors (Lipinski definition) is 3. The number of anilines is 1. The van der Waals surface area contributed by atoms with E-state index in [-0.39, 0.29) is 11.9 Å². The van der Waals surface area contributed by atoms with Crippen molar-refractivity contribution >= 4 is 27.7 Å². The first-order chi connectivity index (χ1) is 9.04. The zero-order valence-corrected chi connectivity index (χ0v) is 13.6. The third-order valence-electron chi connectivity index (χ3n) is 3.24. The van der Waals surface area contributed by atoms with Crippen LogP contribution in [0.2, 0.25) is 0 Å². The molecule has 4 nitrogen and oxygen atoms in total. The highest BCUT2D eigenvalue weighted by molar-refractivity contribution is 9.10. The maximum absolute atomic E-state index is 12.6. The summed E-state index contributed by atoms with van der Waals surface area (Å²) in [6.07, 6.45) is 3.61. The molecule has 19 heavy (non-hydrogen) atoms. The van der Waals surface area contributed by atoms with Crippen LogP contribution in [0.1, 0.15) is 44.0 Å². The van der Waals surface area contributed by atoms with Gasteiger partial charge >= 0.3 is 0 Å². The minimum atomic E-state index is 0.0125. The molecule has 0 aromatic carbocycles. The SMILES string of the molecule is CCNc1ncc(Br)cc1C(=O)N(C)C(CC)CC. The summed E-state index contributed by atoms with van der Waals surface area (Å²) in [6, 6.07) is 2.09. The van der Waals surface area contributed by atoms with Crippen molar-refractivity contribution < 1.29 is 4.79 Å². The molecule has 0 aliphatic rings. The van der Waals surface area contributed by atoms with Crippen molar-refractivity contribution in [3.05, 3.63) is 22.3 Å². The van der Waals surface area contributed by atoms with Crippen molar-refractivity contribution in [1.29, 1.82) is 0 Å². The van der Waals surface area contributed by atoms with Crippen molar-refractivity contribution in [1.82, 2.24) is 9.88 Å². The average Bonchev–Trinajstić information content (AvgIpc) is 2.41. The number of carbonyl (C=O) groups excluding carboxylic acids is 1. The van der Waals surface area contributed by atoms with E-state index in [4.69, 9.17) is 0 Å². The predicted molar refractivity (Wildman–Crippen MR) is 82.6 cm³/mol. The molecule has 1 rings (SSSR count). The first-order valence-electron chi connectivity index (χ1n) is 6.71. The second-order valence-corrected chi connectivity index (χ2v) is 5.38. The van der Waals surface area contributed by atoms with E-state index >= 15 is 0 Å². The summed E-state index contributed by atoms with van der Waals surface area (Å²) >= 11 is 3.37. The molecule has 0 spiro atoms. The summed E-state index contributed by atoms with van der Waals surface area (Å²) in [5, 5.41) is 3.13. The number of aromatic nitrogens is 1. The topological polar surface area (TPSA) is 45.2 Å². The number of nitrogens with one attached hydrogen (secondary N) is 1. The first-order valence-corrected chi connectivity index (χ1v) is 7.50. The highest BCUT2D eigenvalue weighted by atomic mass is 79.9. The second-order valence-electron chi connectivity index (χ2n) is 4.47. The lowest BCUT2D eigenvalue weighted by Gasteiger charge is -2.27. The fourth-order valence-electron chi connectivity index (χ4n) is 2.10. The molecule has 0 saturated heterocycles. The monoisotopic (exact) mass is 327 g/mol. The Bertz CT molecular complexity index is 433. The van der Waals surface area contributed by atoms with Crippen molar-refractivity contribution in [2.75, 3.05) is 18.9 Å². The Balaban J connectivity index is 3.06. The zero-order chi connectivity index (χ0) is 14.4. The molecule has 1 heterocycles. The lowest BCUT2D eigenvalue weighted by Crippen LogP contribution is -2.36. The van der Waals surface area contributed by atoms with Crippen molar-refractivity contribution in [3.63, 3.8) is 0 Å². The highest BCUT2D eigenvalue weighted by Gasteiger charge is 2.21. The summed E-state index contributed by atoms with van der Waals surface area (Å²) < 4.78 is 0.815. The normalized spacial score (nSPS) is 10.6. The molecule has 0 saturated carbocycles. The fraction of sp³-hybridized carbons (Fsp3) is 0.571. The molecule has 0 aliphatic carbocycles. The highest BCUT2D eigenvalue weighted by Crippen LogP contribution is 2.21. The third kappa shape index (κ3) is 3.93. The molecule has 0 bridgehead atoms. The fourth-order valence-corrected chi connectivity index (χ4v) is 2.43. The lowest BCUT2D eigenvalue weighted by atomic mass is 10.1. The molecule has 1 N–H and O–H groups in total. The van der Waals surface area contributed by atoms with Crippen LogP contribution in [0, 0.1) is 0 Å². The predicted octanol–water partition coefficient (Wildman–Crippen LogP) is 3.54. The first kappa shape index (κ1) is 16.0. The van der Waals surface area contributed by atoms with Crippen LogP contribution in [0.15, 0.2) is 16.7 Å². The molecule has 1 aromatic rings. The van der Waals surface area contributed by atoms with Gasteiger partial charge in [0.1, 0.15) is 5.82 Å². The van der Waals surface area contributed by atoms with Crippen molar-refractivity contribution in [2.24, 2.45) is 0 Å². The molecule has 0 aliphatic heterocycles. The number of halogens is 1. The number of pyridine rings is 1. The minimum absolute atomic E-state index is 0.0125. The van der Waals surface area contributed by atoms with Crippen molar-refractivity contribution in [2.45, 2.75) is 39.7 Å². The summed E-state index contributed by atoms with van der Waals surface area (Å²) in [5.41, 5.74) is 0.616. The van der Waals surface area contributed by atoms with Gasteiger partial charge in [-0.3, -0.25) is 4.79 Å². The quantitative estimate of drug-likeness (QED) is 0.869. The van der Waals surface area contributed by atoms with Gasteiger partial charge < -0.3 is 10.2 Å². The Morgan fingerprint density at radius 2 is 2.05 bits per heavy atom. The van der Waals surface area contributed by atoms with Crippen LogP contribution < -0.4 is 5.32 Å². The van der Waals surface area contributed by atoms with Crippen molar-refractivity contribution in [3.8, 4) is 0 Å². The molecule has 0 unspecified atom stereocenters. The smallest absolute Gasteiger partial charge is 0.257 e. The Morgan fingerprint density at radius 1 is 1.42 bits per heavy atom. The van der Waals surface area contributed by atoms with Crippen LogP contribution in [0.3, 0.4) is 0 Å². The molecule has 106 valence electrons. The van der Waals surface area contributed by atoms with Gasteiger partial charge in [-0.2, -0.15) is 0 Å². The molecule has 5 heteroatoms. The summed E-state index contributed by atoms with van der Waals surface area (Å²) in [5.74, 6) is 0.659. The maximum Gasteiger partial charge on any atom is 0.257 e. The molecule has 0 fully saturated rings. The maximum atomic E-state index is 12.6. The van der Waals surface area contributed by atoms with Gasteiger partial charge in [0.15, 0.2) is 0 Å². The van der Waals surface area contributed by atoms with Crippen LogP contribution in [0.5, 0.6) is 0 Å². The molecular formula is C14H22BrN3O. The number of carbonyl (C=O) groups is 1. The third-order valence-corrected chi connectivity index (χ3v) is 3.67. The molecule has 0 radical (unpaired) electrons. The van der Waals surface area contributed by atoms with Crippen LogP contribution in [0.4, 0.5) is 5.82 Å². The molecule has 1 amide bonds. The van der Waals surface area contributed by atoms with Gasteiger partial charge in [0.05, 0.1) is 5.56 Å². The van der Waals surface area contributed by atoms with E-state index in [1.54, 1.807) is 6.20 Å². The Kier molecular flexibility index (Phi) is 6.28.